The molecule has 0 heterocycles. The molecule has 1 N–H and O–H groups in total. The van der Waals surface area contributed by atoms with E-state index >= 15 is 0 Å². The molecule has 2 nitrogen and oxygen atoms in total. The zero-order chi connectivity index (χ0) is 12.3. The van der Waals surface area contributed by atoms with E-state index in [2.05, 4.69) is 28.2 Å². The number of nitrogens with one attached hydrogen (secondary N) is 1. The lowest BCUT2D eigenvalue weighted by Crippen LogP contribution is -2.29. The highest BCUT2D eigenvalue weighted by Crippen LogP contribution is 2.47. The molecule has 1 fully saturated rings. The van der Waals surface area contributed by atoms with E-state index in [1.54, 1.807) is 0 Å². The molecule has 1 aromatic rings. The lowest BCUT2D eigenvalue weighted by Gasteiger charge is -2.13. The minimum absolute atomic E-state index is 0.0471. The monoisotopic (exact) mass is 295 g/mol. The summed E-state index contributed by atoms with van der Waals surface area (Å²) in [7, 11) is 0. The molecule has 0 atom stereocenters. The summed E-state index contributed by atoms with van der Waals surface area (Å²) in [5.41, 5.74) is 2.35. The Bertz CT molecular complexity index is 395. The number of hydrogen-bond donors (Lipinski definition) is 1. The lowest BCUT2D eigenvalue weighted by atomic mass is 10.0. The highest BCUT2D eigenvalue weighted by molar-refractivity contribution is 9.08. The van der Waals surface area contributed by atoms with Gasteiger partial charge in [-0.15, -0.1) is 0 Å². The molecule has 0 bridgehead atoms. The van der Waals surface area contributed by atoms with Gasteiger partial charge < -0.3 is 5.32 Å². The van der Waals surface area contributed by atoms with Crippen LogP contribution in [0, 0.1) is 5.41 Å². The first-order valence-electron chi connectivity index (χ1n) is 6.12. The first-order chi connectivity index (χ1) is 8.19. The SMILES string of the molecule is CCC1(CNC(=O)c2ccc(CBr)cc2)CC1. The molecule has 0 aliphatic heterocycles. The van der Waals surface area contributed by atoms with Crippen LogP contribution in [0.25, 0.3) is 0 Å². The Morgan fingerprint density at radius 3 is 2.47 bits per heavy atom. The minimum atomic E-state index is 0.0471. The van der Waals surface area contributed by atoms with Gasteiger partial charge in [-0.1, -0.05) is 35.0 Å². The van der Waals surface area contributed by atoms with Gasteiger partial charge in [0.25, 0.3) is 5.91 Å². The molecule has 0 saturated heterocycles. The van der Waals surface area contributed by atoms with Gasteiger partial charge in [0.15, 0.2) is 0 Å². The molecule has 0 spiro atoms. The zero-order valence-electron chi connectivity index (χ0n) is 10.1. The Morgan fingerprint density at radius 2 is 2.00 bits per heavy atom. The van der Waals surface area contributed by atoms with E-state index in [-0.39, 0.29) is 5.91 Å². The Labute approximate surface area is 111 Å². The molecule has 1 saturated carbocycles. The predicted molar refractivity (Wildman–Crippen MR) is 73.4 cm³/mol. The van der Waals surface area contributed by atoms with E-state index in [9.17, 15) is 4.79 Å². The molecule has 2 rings (SSSR count). The van der Waals surface area contributed by atoms with Crippen LogP contribution in [0.3, 0.4) is 0 Å². The summed E-state index contributed by atoms with van der Waals surface area (Å²) < 4.78 is 0. The Kier molecular flexibility index (Phi) is 3.87. The Hall–Kier alpha value is -0.830. The molecule has 1 amide bonds. The fraction of sp³-hybridized carbons (Fsp3) is 0.500. The predicted octanol–water partition coefficient (Wildman–Crippen LogP) is 3.50. The van der Waals surface area contributed by atoms with Gasteiger partial charge in [-0.05, 0) is 42.4 Å². The smallest absolute Gasteiger partial charge is 0.251 e. The largest absolute Gasteiger partial charge is 0.351 e. The number of benzene rings is 1. The van der Waals surface area contributed by atoms with Gasteiger partial charge in [0.2, 0.25) is 0 Å². The van der Waals surface area contributed by atoms with Gasteiger partial charge in [-0.2, -0.15) is 0 Å². The second-order valence-electron chi connectivity index (χ2n) is 4.87. The molecular formula is C14H18BrNO. The van der Waals surface area contributed by atoms with E-state index in [4.69, 9.17) is 0 Å². The average Bonchev–Trinajstić information content (AvgIpc) is 3.17. The summed E-state index contributed by atoms with van der Waals surface area (Å²) >= 11 is 3.39. The summed E-state index contributed by atoms with van der Waals surface area (Å²) in [6.45, 7) is 3.02. The van der Waals surface area contributed by atoms with Crippen LogP contribution in [0.4, 0.5) is 0 Å². The topological polar surface area (TPSA) is 29.1 Å². The van der Waals surface area contributed by atoms with Gasteiger partial charge >= 0.3 is 0 Å². The van der Waals surface area contributed by atoms with Gasteiger partial charge in [-0.25, -0.2) is 0 Å². The molecule has 3 heteroatoms. The summed E-state index contributed by atoms with van der Waals surface area (Å²) in [5.74, 6) is 0.0471. The van der Waals surface area contributed by atoms with Crippen molar-refractivity contribution in [1.82, 2.24) is 5.32 Å². The Balaban J connectivity index is 1.90. The fourth-order valence-electron chi connectivity index (χ4n) is 1.95. The molecular weight excluding hydrogens is 278 g/mol. The van der Waals surface area contributed by atoms with Crippen molar-refractivity contribution in [2.45, 2.75) is 31.5 Å². The van der Waals surface area contributed by atoms with E-state index < -0.39 is 0 Å². The van der Waals surface area contributed by atoms with Crippen LogP contribution in [0.2, 0.25) is 0 Å². The standard InChI is InChI=1S/C14H18BrNO/c1-2-14(7-8-14)10-16-13(17)12-5-3-11(9-15)4-6-12/h3-6H,2,7-10H2,1H3,(H,16,17). The third kappa shape index (κ3) is 3.09. The van der Waals surface area contributed by atoms with Gasteiger partial charge in [0, 0.05) is 17.4 Å². The maximum atomic E-state index is 11.9. The van der Waals surface area contributed by atoms with Crippen LogP contribution < -0.4 is 5.32 Å². The van der Waals surface area contributed by atoms with Crippen molar-refractivity contribution in [3.8, 4) is 0 Å². The number of halogens is 1. The summed E-state index contributed by atoms with van der Waals surface area (Å²) in [6, 6.07) is 7.74. The van der Waals surface area contributed by atoms with Crippen molar-refractivity contribution in [3.05, 3.63) is 35.4 Å². The van der Waals surface area contributed by atoms with Gasteiger partial charge in [-0.3, -0.25) is 4.79 Å². The van der Waals surface area contributed by atoms with Crippen LogP contribution >= 0.6 is 15.9 Å². The van der Waals surface area contributed by atoms with Crippen molar-refractivity contribution in [1.29, 1.82) is 0 Å². The number of carbonyl (C=O) groups is 1. The number of carbonyl (C=O) groups excluding carboxylic acids is 1. The van der Waals surface area contributed by atoms with Crippen LogP contribution in [0.1, 0.15) is 42.1 Å². The van der Waals surface area contributed by atoms with Crippen LogP contribution in [0.15, 0.2) is 24.3 Å². The quantitative estimate of drug-likeness (QED) is 0.828. The maximum absolute atomic E-state index is 11.9. The first-order valence-corrected chi connectivity index (χ1v) is 7.24. The number of alkyl halides is 1. The van der Waals surface area contributed by atoms with E-state index in [1.165, 1.54) is 18.4 Å². The molecule has 1 aliphatic carbocycles. The summed E-state index contributed by atoms with van der Waals surface area (Å²) in [5, 5.41) is 3.87. The highest BCUT2D eigenvalue weighted by atomic mass is 79.9. The second kappa shape index (κ2) is 5.21. The third-order valence-corrected chi connectivity index (χ3v) is 4.35. The molecule has 0 aromatic heterocycles. The number of amides is 1. The van der Waals surface area contributed by atoms with Crippen LogP contribution in [-0.2, 0) is 5.33 Å². The third-order valence-electron chi connectivity index (χ3n) is 3.70. The average molecular weight is 296 g/mol. The van der Waals surface area contributed by atoms with E-state index in [0.717, 1.165) is 23.9 Å². The second-order valence-corrected chi connectivity index (χ2v) is 5.43. The van der Waals surface area contributed by atoms with Crippen molar-refractivity contribution < 1.29 is 4.79 Å². The molecule has 1 aromatic carbocycles. The zero-order valence-corrected chi connectivity index (χ0v) is 11.7. The molecule has 0 unspecified atom stereocenters. The van der Waals surface area contributed by atoms with Gasteiger partial charge in [0.05, 0.1) is 0 Å². The Morgan fingerprint density at radius 1 is 1.35 bits per heavy atom. The summed E-state index contributed by atoms with van der Waals surface area (Å²) in [6.07, 6.45) is 3.68. The molecule has 0 radical (unpaired) electrons. The number of rotatable bonds is 5. The van der Waals surface area contributed by atoms with Crippen LogP contribution in [0.5, 0.6) is 0 Å². The van der Waals surface area contributed by atoms with Crippen molar-refractivity contribution >= 4 is 21.8 Å². The normalized spacial score (nSPS) is 16.6. The maximum Gasteiger partial charge on any atom is 0.251 e. The van der Waals surface area contributed by atoms with E-state index in [1.807, 2.05) is 24.3 Å². The van der Waals surface area contributed by atoms with Crippen LogP contribution in [-0.4, -0.2) is 12.5 Å². The van der Waals surface area contributed by atoms with Gasteiger partial charge in [0.1, 0.15) is 0 Å². The fourth-order valence-corrected chi connectivity index (χ4v) is 2.32. The molecule has 17 heavy (non-hydrogen) atoms. The minimum Gasteiger partial charge on any atom is -0.351 e. The molecule has 92 valence electrons. The van der Waals surface area contributed by atoms with Crippen molar-refractivity contribution in [3.63, 3.8) is 0 Å². The van der Waals surface area contributed by atoms with E-state index in [0.29, 0.717) is 5.41 Å². The van der Waals surface area contributed by atoms with Crippen molar-refractivity contribution in [2.75, 3.05) is 6.54 Å². The lowest BCUT2D eigenvalue weighted by molar-refractivity contribution is 0.0944. The highest BCUT2D eigenvalue weighted by Gasteiger charge is 2.40. The summed E-state index contributed by atoms with van der Waals surface area (Å²) in [4.78, 5) is 11.9. The molecule has 1 aliphatic rings. The number of hydrogen-bond acceptors (Lipinski definition) is 1. The van der Waals surface area contributed by atoms with Crippen molar-refractivity contribution in [2.24, 2.45) is 5.41 Å². The first kappa shape index (κ1) is 12.6.